The molecular weight excluding hydrogens is 379 g/mol. The van der Waals surface area contributed by atoms with Gasteiger partial charge in [0.15, 0.2) is 0 Å². The Hall–Kier alpha value is 0.269. The second-order valence-electron chi connectivity index (χ2n) is 7.97. The van der Waals surface area contributed by atoms with Gasteiger partial charge in [-0.05, 0) is 0 Å². The first kappa shape index (κ1) is 20.3. The number of hydrogen-bond donors (Lipinski definition) is 0. The molecule has 0 aromatic heterocycles. The molecule has 3 heteroatoms. The third-order valence-electron chi connectivity index (χ3n) is 6.03. The summed E-state index contributed by atoms with van der Waals surface area (Å²) in [6, 6.07) is 0. The summed E-state index contributed by atoms with van der Waals surface area (Å²) in [5, 5.41) is 0. The zero-order valence-corrected chi connectivity index (χ0v) is 18.7. The monoisotopic (exact) mass is 418 g/mol. The molecule has 0 N–H and O–H groups in total. The molecule has 0 heterocycles. The molecule has 0 aromatic carbocycles. The zero-order valence-electron chi connectivity index (χ0n) is 15.8. The SMILES string of the molecule is CCC[CH2][Sn]([CH2]CCC)([CH2]CCC)[C@H]1[C@H](C(=O)OC)C1(C)C. The number of unbranched alkanes of at least 4 members (excludes halogenated alkanes) is 3. The quantitative estimate of drug-likeness (QED) is 0.303. The van der Waals surface area contributed by atoms with E-state index in [1.54, 1.807) is 7.11 Å². The molecular formula is C19H38O2Sn. The van der Waals surface area contributed by atoms with E-state index < -0.39 is 18.4 Å². The van der Waals surface area contributed by atoms with Crippen molar-refractivity contribution in [3.05, 3.63) is 0 Å². The van der Waals surface area contributed by atoms with Gasteiger partial charge in [0.05, 0.1) is 0 Å². The van der Waals surface area contributed by atoms with Crippen LogP contribution in [-0.4, -0.2) is 31.5 Å². The fourth-order valence-electron chi connectivity index (χ4n) is 4.78. The summed E-state index contributed by atoms with van der Waals surface area (Å²) < 4.78 is 10.3. The number of rotatable bonds is 11. The molecule has 1 rings (SSSR count). The Morgan fingerprint density at radius 2 is 1.36 bits per heavy atom. The van der Waals surface area contributed by atoms with Crippen molar-refractivity contribution in [2.45, 2.75) is 90.4 Å². The van der Waals surface area contributed by atoms with Crippen LogP contribution >= 0.6 is 0 Å². The van der Waals surface area contributed by atoms with Gasteiger partial charge in [0.25, 0.3) is 0 Å². The third kappa shape index (κ3) is 4.42. The van der Waals surface area contributed by atoms with Crippen molar-refractivity contribution in [1.82, 2.24) is 0 Å². The van der Waals surface area contributed by atoms with Crippen LogP contribution < -0.4 is 0 Å². The molecule has 0 bridgehead atoms. The van der Waals surface area contributed by atoms with Gasteiger partial charge >= 0.3 is 143 Å². The van der Waals surface area contributed by atoms with Crippen molar-refractivity contribution in [2.24, 2.45) is 11.3 Å². The molecule has 0 unspecified atom stereocenters. The molecule has 1 aliphatic rings. The average Bonchev–Trinajstić information content (AvgIpc) is 3.09. The van der Waals surface area contributed by atoms with Crippen molar-refractivity contribution >= 4 is 24.3 Å². The first-order valence-electron chi connectivity index (χ1n) is 9.49. The van der Waals surface area contributed by atoms with Crippen molar-refractivity contribution in [3.8, 4) is 0 Å². The summed E-state index contributed by atoms with van der Waals surface area (Å²) in [6.45, 7) is 11.6. The van der Waals surface area contributed by atoms with E-state index in [0.29, 0.717) is 0 Å². The third-order valence-corrected chi connectivity index (χ3v) is 24.4. The van der Waals surface area contributed by atoms with Crippen molar-refractivity contribution in [3.63, 3.8) is 0 Å². The minimum atomic E-state index is -2.30. The molecule has 0 aromatic rings. The Kier molecular flexibility index (Phi) is 8.25. The van der Waals surface area contributed by atoms with Gasteiger partial charge in [0.1, 0.15) is 0 Å². The number of esters is 1. The van der Waals surface area contributed by atoms with Crippen LogP contribution in [0.2, 0.25) is 17.2 Å². The summed E-state index contributed by atoms with van der Waals surface area (Å²) in [5.74, 6) is 0.277. The van der Waals surface area contributed by atoms with Gasteiger partial charge in [-0.25, -0.2) is 0 Å². The van der Waals surface area contributed by atoms with Gasteiger partial charge in [-0.2, -0.15) is 0 Å². The predicted octanol–water partition coefficient (Wildman–Crippen LogP) is 6.03. The second-order valence-corrected chi connectivity index (χ2v) is 21.8. The maximum absolute atomic E-state index is 12.3. The number of hydrogen-bond acceptors (Lipinski definition) is 2. The summed E-state index contributed by atoms with van der Waals surface area (Å²) in [6.07, 6.45) is 8.03. The molecule has 0 aliphatic heterocycles. The molecule has 1 fully saturated rings. The average molecular weight is 417 g/mol. The van der Waals surface area contributed by atoms with Gasteiger partial charge in [-0.15, -0.1) is 0 Å². The van der Waals surface area contributed by atoms with Crippen LogP contribution in [0.4, 0.5) is 0 Å². The second kappa shape index (κ2) is 8.94. The topological polar surface area (TPSA) is 26.3 Å². The van der Waals surface area contributed by atoms with Crippen LogP contribution in [-0.2, 0) is 9.53 Å². The Bertz CT molecular complexity index is 330. The fourth-order valence-corrected chi connectivity index (χ4v) is 27.0. The number of carbonyl (C=O) groups excluding carboxylic acids is 1. The molecule has 0 amide bonds. The zero-order chi connectivity index (χ0) is 16.8. The van der Waals surface area contributed by atoms with Gasteiger partial charge in [0.2, 0.25) is 0 Å². The molecule has 22 heavy (non-hydrogen) atoms. The molecule has 2 nitrogen and oxygen atoms in total. The van der Waals surface area contributed by atoms with Gasteiger partial charge in [-0.1, -0.05) is 0 Å². The van der Waals surface area contributed by atoms with Gasteiger partial charge < -0.3 is 0 Å². The molecule has 130 valence electrons. The Morgan fingerprint density at radius 3 is 1.68 bits per heavy atom. The van der Waals surface area contributed by atoms with Crippen LogP contribution in [0, 0.1) is 11.3 Å². The van der Waals surface area contributed by atoms with Gasteiger partial charge in [-0.3, -0.25) is 0 Å². The van der Waals surface area contributed by atoms with Crippen LogP contribution in [0.3, 0.4) is 0 Å². The Morgan fingerprint density at radius 1 is 0.955 bits per heavy atom. The van der Waals surface area contributed by atoms with Crippen LogP contribution in [0.1, 0.15) is 73.1 Å². The molecule has 2 atom stereocenters. The maximum atomic E-state index is 12.3. The predicted molar refractivity (Wildman–Crippen MR) is 97.9 cm³/mol. The van der Waals surface area contributed by atoms with E-state index in [0.717, 1.165) is 3.93 Å². The van der Waals surface area contributed by atoms with Crippen molar-refractivity contribution in [1.29, 1.82) is 0 Å². The van der Waals surface area contributed by atoms with Crippen molar-refractivity contribution < 1.29 is 9.53 Å². The van der Waals surface area contributed by atoms with E-state index in [1.807, 2.05) is 0 Å². The van der Waals surface area contributed by atoms with E-state index >= 15 is 0 Å². The first-order chi connectivity index (χ1) is 10.4. The standard InChI is InChI=1S/C7H11O2.3C4H9.Sn/c1-7(2)4-5(7)6(8)9-3;3*1-3-4-2;/h4-5H,1-3H3;3*1,3-4H2,2H3;/t5-;;;;/m1..../s1. The van der Waals surface area contributed by atoms with Crippen LogP contribution in [0.25, 0.3) is 0 Å². The van der Waals surface area contributed by atoms with E-state index in [-0.39, 0.29) is 17.3 Å². The van der Waals surface area contributed by atoms with E-state index in [2.05, 4.69) is 34.6 Å². The molecule has 0 saturated heterocycles. The first-order valence-corrected chi connectivity index (χ1v) is 17.2. The van der Waals surface area contributed by atoms with E-state index in [1.165, 1.54) is 51.8 Å². The summed E-state index contributed by atoms with van der Waals surface area (Å²) >= 11 is -2.30. The van der Waals surface area contributed by atoms with E-state index in [9.17, 15) is 4.79 Å². The number of carbonyl (C=O) groups is 1. The Labute approximate surface area is 142 Å². The van der Waals surface area contributed by atoms with Gasteiger partial charge in [0, 0.05) is 0 Å². The minimum absolute atomic E-state index is 0.0700. The van der Waals surface area contributed by atoms with Crippen molar-refractivity contribution in [2.75, 3.05) is 7.11 Å². The van der Waals surface area contributed by atoms with Crippen LogP contribution in [0.15, 0.2) is 0 Å². The fraction of sp³-hybridized carbons (Fsp3) is 0.947. The number of methoxy groups -OCH3 is 1. The Balaban J connectivity index is 3.02. The summed E-state index contributed by atoms with van der Waals surface area (Å²) in [5.41, 5.74) is 0.207. The molecule has 1 saturated carbocycles. The summed E-state index contributed by atoms with van der Waals surface area (Å²) in [4.78, 5) is 12.3. The van der Waals surface area contributed by atoms with E-state index in [4.69, 9.17) is 4.74 Å². The van der Waals surface area contributed by atoms with Crippen LogP contribution in [0.5, 0.6) is 0 Å². The summed E-state index contributed by atoms with van der Waals surface area (Å²) in [7, 11) is 1.56. The molecule has 0 radical (unpaired) electrons. The number of ether oxygens (including phenoxy) is 1. The molecule has 1 aliphatic carbocycles. The normalized spacial score (nSPS) is 23.4. The molecule has 0 spiro atoms.